The van der Waals surface area contributed by atoms with Gasteiger partial charge >= 0.3 is 0 Å². The van der Waals surface area contributed by atoms with Crippen LogP contribution in [-0.4, -0.2) is 14.2 Å². The summed E-state index contributed by atoms with van der Waals surface area (Å²) in [5, 5.41) is 0. The van der Waals surface area contributed by atoms with Crippen LogP contribution in [0.3, 0.4) is 0 Å². The summed E-state index contributed by atoms with van der Waals surface area (Å²) in [6.45, 7) is 2.02. The van der Waals surface area contributed by atoms with Gasteiger partial charge in [-0.3, -0.25) is 0 Å². The van der Waals surface area contributed by atoms with Crippen molar-refractivity contribution in [2.75, 3.05) is 14.2 Å². The first kappa shape index (κ1) is 14.4. The van der Waals surface area contributed by atoms with Gasteiger partial charge in [0.25, 0.3) is 0 Å². The molecule has 20 heavy (non-hydrogen) atoms. The molecular formula is C17H21NO2. The summed E-state index contributed by atoms with van der Waals surface area (Å²) in [4.78, 5) is 0. The number of nitrogens with two attached hydrogens (primary N) is 1. The van der Waals surface area contributed by atoms with Crippen LogP contribution in [0.4, 0.5) is 0 Å². The molecule has 106 valence electrons. The molecule has 0 spiro atoms. The second-order valence-electron chi connectivity index (χ2n) is 5.14. The van der Waals surface area contributed by atoms with Crippen molar-refractivity contribution in [3.63, 3.8) is 0 Å². The molecule has 1 atom stereocenters. The van der Waals surface area contributed by atoms with E-state index in [2.05, 4.69) is 0 Å². The molecule has 0 saturated heterocycles. The summed E-state index contributed by atoms with van der Waals surface area (Å²) in [6, 6.07) is 15.9. The van der Waals surface area contributed by atoms with Crippen molar-refractivity contribution < 1.29 is 9.47 Å². The zero-order valence-corrected chi connectivity index (χ0v) is 12.2. The van der Waals surface area contributed by atoms with E-state index in [1.807, 2.05) is 55.5 Å². The fourth-order valence-electron chi connectivity index (χ4n) is 2.38. The van der Waals surface area contributed by atoms with Gasteiger partial charge in [-0.1, -0.05) is 30.3 Å². The predicted molar refractivity (Wildman–Crippen MR) is 81.2 cm³/mol. The van der Waals surface area contributed by atoms with E-state index in [1.165, 1.54) is 5.56 Å². The molecule has 0 heterocycles. The van der Waals surface area contributed by atoms with E-state index in [4.69, 9.17) is 15.2 Å². The standard InChI is InChI=1S/C17H21NO2/c1-17(18,15-6-4-5-7-16(15)20-3)12-13-8-10-14(19-2)11-9-13/h4-11H,12,18H2,1-3H3. The summed E-state index contributed by atoms with van der Waals surface area (Å²) in [5.41, 5.74) is 8.20. The Balaban J connectivity index is 2.25. The third kappa shape index (κ3) is 3.11. The molecule has 2 aromatic carbocycles. The Labute approximate surface area is 120 Å². The molecule has 0 aliphatic carbocycles. The van der Waals surface area contributed by atoms with E-state index >= 15 is 0 Å². The number of para-hydroxylation sites is 1. The van der Waals surface area contributed by atoms with Gasteiger partial charge in [-0.25, -0.2) is 0 Å². The van der Waals surface area contributed by atoms with Crippen molar-refractivity contribution in [2.24, 2.45) is 5.73 Å². The van der Waals surface area contributed by atoms with E-state index < -0.39 is 5.54 Å². The Hall–Kier alpha value is -2.00. The maximum absolute atomic E-state index is 6.51. The highest BCUT2D eigenvalue weighted by Crippen LogP contribution is 2.30. The lowest BCUT2D eigenvalue weighted by atomic mass is 9.86. The normalized spacial score (nSPS) is 13.6. The molecule has 2 N–H and O–H groups in total. The van der Waals surface area contributed by atoms with Crippen LogP contribution in [0.2, 0.25) is 0 Å². The SMILES string of the molecule is COc1ccc(CC(C)(N)c2ccccc2OC)cc1. The lowest BCUT2D eigenvalue weighted by molar-refractivity contribution is 0.386. The van der Waals surface area contributed by atoms with Gasteiger partial charge < -0.3 is 15.2 Å². The Morgan fingerprint density at radius 3 is 2.20 bits per heavy atom. The van der Waals surface area contributed by atoms with Crippen LogP contribution in [0.5, 0.6) is 11.5 Å². The molecule has 0 aliphatic heterocycles. The lowest BCUT2D eigenvalue weighted by Crippen LogP contribution is -2.35. The molecule has 0 saturated carbocycles. The highest BCUT2D eigenvalue weighted by molar-refractivity contribution is 5.40. The largest absolute Gasteiger partial charge is 0.497 e. The molecule has 2 rings (SSSR count). The Bertz CT molecular complexity index is 561. The minimum Gasteiger partial charge on any atom is -0.497 e. The zero-order chi connectivity index (χ0) is 14.6. The van der Waals surface area contributed by atoms with Gasteiger partial charge in [0, 0.05) is 11.1 Å². The number of hydrogen-bond acceptors (Lipinski definition) is 3. The molecule has 0 bridgehead atoms. The highest BCUT2D eigenvalue weighted by atomic mass is 16.5. The van der Waals surface area contributed by atoms with Gasteiger partial charge in [0.15, 0.2) is 0 Å². The van der Waals surface area contributed by atoms with Crippen LogP contribution in [-0.2, 0) is 12.0 Å². The highest BCUT2D eigenvalue weighted by Gasteiger charge is 2.25. The monoisotopic (exact) mass is 271 g/mol. The van der Waals surface area contributed by atoms with Gasteiger partial charge in [0.1, 0.15) is 11.5 Å². The maximum atomic E-state index is 6.51. The molecule has 0 fully saturated rings. The average molecular weight is 271 g/mol. The second-order valence-corrected chi connectivity index (χ2v) is 5.14. The Morgan fingerprint density at radius 2 is 1.60 bits per heavy atom. The number of ether oxygens (including phenoxy) is 2. The molecule has 0 radical (unpaired) electrons. The van der Waals surface area contributed by atoms with E-state index in [-0.39, 0.29) is 0 Å². The van der Waals surface area contributed by atoms with Crippen molar-refractivity contribution in [2.45, 2.75) is 18.9 Å². The van der Waals surface area contributed by atoms with Gasteiger partial charge in [-0.2, -0.15) is 0 Å². The first-order chi connectivity index (χ1) is 9.56. The van der Waals surface area contributed by atoms with Gasteiger partial charge in [-0.05, 0) is 37.1 Å². The molecule has 0 amide bonds. The second kappa shape index (κ2) is 5.97. The van der Waals surface area contributed by atoms with Gasteiger partial charge in [0.2, 0.25) is 0 Å². The number of methoxy groups -OCH3 is 2. The Kier molecular flexibility index (Phi) is 4.30. The lowest BCUT2D eigenvalue weighted by Gasteiger charge is -2.27. The smallest absolute Gasteiger partial charge is 0.123 e. The summed E-state index contributed by atoms with van der Waals surface area (Å²) >= 11 is 0. The maximum Gasteiger partial charge on any atom is 0.123 e. The topological polar surface area (TPSA) is 44.5 Å². The van der Waals surface area contributed by atoms with Crippen molar-refractivity contribution in [3.05, 3.63) is 59.7 Å². The average Bonchev–Trinajstić information content (AvgIpc) is 2.47. The van der Waals surface area contributed by atoms with Crippen LogP contribution < -0.4 is 15.2 Å². The van der Waals surface area contributed by atoms with Gasteiger partial charge in [-0.15, -0.1) is 0 Å². The minimum absolute atomic E-state index is 0.485. The summed E-state index contributed by atoms with van der Waals surface area (Å²) in [7, 11) is 3.33. The van der Waals surface area contributed by atoms with E-state index in [1.54, 1.807) is 14.2 Å². The van der Waals surface area contributed by atoms with Crippen molar-refractivity contribution in [1.82, 2.24) is 0 Å². The zero-order valence-electron chi connectivity index (χ0n) is 12.2. The van der Waals surface area contributed by atoms with Crippen molar-refractivity contribution >= 4 is 0 Å². The van der Waals surface area contributed by atoms with Crippen LogP contribution in [0.1, 0.15) is 18.1 Å². The quantitative estimate of drug-likeness (QED) is 0.908. The summed E-state index contributed by atoms with van der Waals surface area (Å²) in [6.07, 6.45) is 0.733. The fraction of sp³-hybridized carbons (Fsp3) is 0.294. The first-order valence-electron chi connectivity index (χ1n) is 6.62. The summed E-state index contributed by atoms with van der Waals surface area (Å²) < 4.78 is 10.6. The van der Waals surface area contributed by atoms with Crippen LogP contribution in [0.25, 0.3) is 0 Å². The number of rotatable bonds is 5. The number of hydrogen-bond donors (Lipinski definition) is 1. The molecule has 0 aromatic heterocycles. The van der Waals surface area contributed by atoms with Crippen LogP contribution >= 0.6 is 0 Å². The van der Waals surface area contributed by atoms with E-state index in [0.29, 0.717) is 0 Å². The number of benzene rings is 2. The van der Waals surface area contributed by atoms with Crippen LogP contribution in [0, 0.1) is 0 Å². The predicted octanol–water partition coefficient (Wildman–Crippen LogP) is 3.12. The molecule has 0 aliphatic rings. The fourth-order valence-corrected chi connectivity index (χ4v) is 2.38. The Morgan fingerprint density at radius 1 is 0.950 bits per heavy atom. The van der Waals surface area contributed by atoms with Gasteiger partial charge in [0.05, 0.1) is 14.2 Å². The molecule has 3 heteroatoms. The summed E-state index contributed by atoms with van der Waals surface area (Å²) in [5.74, 6) is 1.68. The third-order valence-corrected chi connectivity index (χ3v) is 3.45. The van der Waals surface area contributed by atoms with Crippen LogP contribution in [0.15, 0.2) is 48.5 Å². The molecular weight excluding hydrogens is 250 g/mol. The van der Waals surface area contributed by atoms with Crippen molar-refractivity contribution in [3.8, 4) is 11.5 Å². The molecule has 2 aromatic rings. The molecule has 1 unspecified atom stereocenters. The minimum atomic E-state index is -0.485. The molecule has 3 nitrogen and oxygen atoms in total. The van der Waals surface area contributed by atoms with Crippen molar-refractivity contribution in [1.29, 1.82) is 0 Å². The first-order valence-corrected chi connectivity index (χ1v) is 6.62. The van der Waals surface area contributed by atoms with E-state index in [0.717, 1.165) is 23.5 Å². The third-order valence-electron chi connectivity index (χ3n) is 3.45. The van der Waals surface area contributed by atoms with E-state index in [9.17, 15) is 0 Å².